The monoisotopic (exact) mass is 335 g/mol. The average molecular weight is 336 g/mol. The highest BCUT2D eigenvalue weighted by Gasteiger charge is 2.15. The van der Waals surface area contributed by atoms with Crippen molar-refractivity contribution in [2.24, 2.45) is 0 Å². The van der Waals surface area contributed by atoms with Crippen molar-refractivity contribution in [3.8, 4) is 0 Å². The maximum Gasteiger partial charge on any atom is 0.137 e. The SMILES string of the molecule is CNC(Cc1ccc(C)c(C)c1)c1cccc(F)c1Br. The van der Waals surface area contributed by atoms with E-state index >= 15 is 0 Å². The Morgan fingerprint density at radius 2 is 1.90 bits per heavy atom. The van der Waals surface area contributed by atoms with Crippen LogP contribution in [0, 0.1) is 19.7 Å². The molecule has 0 fully saturated rings. The fraction of sp³-hybridized carbons (Fsp3) is 0.294. The van der Waals surface area contributed by atoms with E-state index in [1.54, 1.807) is 6.07 Å². The lowest BCUT2D eigenvalue weighted by atomic mass is 9.96. The largest absolute Gasteiger partial charge is 0.313 e. The van der Waals surface area contributed by atoms with E-state index < -0.39 is 0 Å². The predicted molar refractivity (Wildman–Crippen MR) is 85.5 cm³/mol. The summed E-state index contributed by atoms with van der Waals surface area (Å²) >= 11 is 3.35. The van der Waals surface area contributed by atoms with Gasteiger partial charge in [0, 0.05) is 6.04 Å². The quantitative estimate of drug-likeness (QED) is 0.853. The van der Waals surface area contributed by atoms with Crippen LogP contribution >= 0.6 is 15.9 Å². The van der Waals surface area contributed by atoms with Gasteiger partial charge in [0.1, 0.15) is 5.82 Å². The van der Waals surface area contributed by atoms with E-state index in [1.165, 1.54) is 22.8 Å². The van der Waals surface area contributed by atoms with Crippen LogP contribution in [0.25, 0.3) is 0 Å². The van der Waals surface area contributed by atoms with Gasteiger partial charge in [-0.3, -0.25) is 0 Å². The van der Waals surface area contributed by atoms with Crippen LogP contribution in [0.5, 0.6) is 0 Å². The van der Waals surface area contributed by atoms with Gasteiger partial charge in [-0.2, -0.15) is 0 Å². The van der Waals surface area contributed by atoms with Gasteiger partial charge < -0.3 is 5.32 Å². The second-order valence-electron chi connectivity index (χ2n) is 5.11. The molecule has 106 valence electrons. The van der Waals surface area contributed by atoms with Crippen molar-refractivity contribution in [1.29, 1.82) is 0 Å². The normalized spacial score (nSPS) is 12.4. The zero-order valence-corrected chi connectivity index (χ0v) is 13.6. The topological polar surface area (TPSA) is 12.0 Å². The number of halogens is 2. The highest BCUT2D eigenvalue weighted by atomic mass is 79.9. The van der Waals surface area contributed by atoms with Gasteiger partial charge >= 0.3 is 0 Å². The zero-order valence-electron chi connectivity index (χ0n) is 12.0. The minimum absolute atomic E-state index is 0.0854. The Labute approximate surface area is 128 Å². The summed E-state index contributed by atoms with van der Waals surface area (Å²) in [4.78, 5) is 0. The Kier molecular flexibility index (Phi) is 4.95. The Morgan fingerprint density at radius 3 is 2.55 bits per heavy atom. The van der Waals surface area contributed by atoms with Crippen LogP contribution in [0.4, 0.5) is 4.39 Å². The molecule has 2 rings (SSSR count). The van der Waals surface area contributed by atoms with Gasteiger partial charge in [0.05, 0.1) is 4.47 Å². The van der Waals surface area contributed by atoms with E-state index in [-0.39, 0.29) is 11.9 Å². The van der Waals surface area contributed by atoms with E-state index in [2.05, 4.69) is 53.3 Å². The number of hydrogen-bond acceptors (Lipinski definition) is 1. The number of nitrogens with one attached hydrogen (secondary N) is 1. The zero-order chi connectivity index (χ0) is 14.7. The first-order valence-corrected chi connectivity index (χ1v) is 7.49. The van der Waals surface area contributed by atoms with Gasteiger partial charge in [-0.1, -0.05) is 30.3 Å². The molecule has 0 saturated heterocycles. The molecule has 1 nitrogen and oxygen atoms in total. The summed E-state index contributed by atoms with van der Waals surface area (Å²) in [5.74, 6) is -0.220. The van der Waals surface area contributed by atoms with E-state index in [0.29, 0.717) is 4.47 Å². The molecule has 0 saturated carbocycles. The Morgan fingerprint density at radius 1 is 1.15 bits per heavy atom. The molecule has 0 aliphatic carbocycles. The average Bonchev–Trinajstić information content (AvgIpc) is 2.43. The van der Waals surface area contributed by atoms with Gasteiger partial charge in [0.15, 0.2) is 0 Å². The summed E-state index contributed by atoms with van der Waals surface area (Å²) in [5, 5.41) is 3.27. The molecule has 2 aromatic carbocycles. The number of rotatable bonds is 4. The molecule has 0 radical (unpaired) electrons. The molecule has 3 heteroatoms. The number of aryl methyl sites for hydroxylation is 2. The highest BCUT2D eigenvalue weighted by Crippen LogP contribution is 2.28. The molecule has 0 bridgehead atoms. The van der Waals surface area contributed by atoms with Crippen molar-refractivity contribution in [3.63, 3.8) is 0 Å². The van der Waals surface area contributed by atoms with Gasteiger partial charge in [-0.15, -0.1) is 0 Å². The third-order valence-electron chi connectivity index (χ3n) is 3.72. The van der Waals surface area contributed by atoms with Crippen molar-refractivity contribution < 1.29 is 4.39 Å². The van der Waals surface area contributed by atoms with Crippen molar-refractivity contribution >= 4 is 15.9 Å². The molecular formula is C17H19BrFN. The van der Waals surface area contributed by atoms with Crippen LogP contribution < -0.4 is 5.32 Å². The molecule has 1 unspecified atom stereocenters. The summed E-state index contributed by atoms with van der Waals surface area (Å²) in [6, 6.07) is 11.7. The molecule has 1 N–H and O–H groups in total. The van der Waals surface area contributed by atoms with Crippen LogP contribution in [0.1, 0.15) is 28.3 Å². The van der Waals surface area contributed by atoms with Gasteiger partial charge in [-0.05, 0) is 71.6 Å². The first-order chi connectivity index (χ1) is 9.52. The Bertz CT molecular complexity index is 610. The number of likely N-dealkylation sites (N-methyl/N-ethyl adjacent to an activating group) is 1. The van der Waals surface area contributed by atoms with Gasteiger partial charge in [-0.25, -0.2) is 4.39 Å². The van der Waals surface area contributed by atoms with Gasteiger partial charge in [0.2, 0.25) is 0 Å². The van der Waals surface area contributed by atoms with Crippen molar-refractivity contribution in [3.05, 3.63) is 68.9 Å². The molecule has 20 heavy (non-hydrogen) atoms. The molecule has 2 aromatic rings. The Hall–Kier alpha value is -1.19. The predicted octanol–water partition coefficient (Wildman–Crippen LogP) is 4.71. The summed E-state index contributed by atoms with van der Waals surface area (Å²) in [7, 11) is 1.91. The van der Waals surface area contributed by atoms with Crippen LogP contribution in [0.3, 0.4) is 0 Å². The maximum absolute atomic E-state index is 13.7. The minimum Gasteiger partial charge on any atom is -0.313 e. The Balaban J connectivity index is 2.28. The number of hydrogen-bond donors (Lipinski definition) is 1. The number of benzene rings is 2. The lowest BCUT2D eigenvalue weighted by molar-refractivity contribution is 0.571. The molecule has 0 aliphatic heterocycles. The highest BCUT2D eigenvalue weighted by molar-refractivity contribution is 9.10. The minimum atomic E-state index is -0.220. The van der Waals surface area contributed by atoms with E-state index in [9.17, 15) is 4.39 Å². The third kappa shape index (κ3) is 3.28. The first kappa shape index (κ1) is 15.2. The van der Waals surface area contributed by atoms with E-state index in [1.807, 2.05) is 13.1 Å². The van der Waals surface area contributed by atoms with Crippen LogP contribution in [0.15, 0.2) is 40.9 Å². The molecular weight excluding hydrogens is 317 g/mol. The van der Waals surface area contributed by atoms with Crippen molar-refractivity contribution in [2.45, 2.75) is 26.3 Å². The van der Waals surface area contributed by atoms with Gasteiger partial charge in [0.25, 0.3) is 0 Å². The molecule has 0 amide bonds. The third-order valence-corrected chi connectivity index (χ3v) is 4.55. The fourth-order valence-corrected chi connectivity index (χ4v) is 2.86. The van der Waals surface area contributed by atoms with Crippen molar-refractivity contribution in [2.75, 3.05) is 7.05 Å². The van der Waals surface area contributed by atoms with E-state index in [4.69, 9.17) is 0 Å². The summed E-state index contributed by atoms with van der Waals surface area (Å²) in [5.41, 5.74) is 4.78. The summed E-state index contributed by atoms with van der Waals surface area (Å²) in [6.07, 6.45) is 0.833. The second-order valence-corrected chi connectivity index (χ2v) is 5.90. The standard InChI is InChI=1S/C17H19BrFN/c1-11-7-8-13(9-12(11)2)10-16(20-3)14-5-4-6-15(19)17(14)18/h4-9,16,20H,10H2,1-3H3. The fourth-order valence-electron chi connectivity index (χ4n) is 2.32. The van der Waals surface area contributed by atoms with Crippen molar-refractivity contribution in [1.82, 2.24) is 5.32 Å². The molecule has 1 atom stereocenters. The molecule has 0 aliphatic rings. The first-order valence-electron chi connectivity index (χ1n) is 6.70. The second kappa shape index (κ2) is 6.51. The summed E-state index contributed by atoms with van der Waals surface area (Å²) in [6.45, 7) is 4.23. The molecule has 0 spiro atoms. The lowest BCUT2D eigenvalue weighted by Crippen LogP contribution is -2.19. The smallest absolute Gasteiger partial charge is 0.137 e. The molecule has 0 aromatic heterocycles. The van der Waals surface area contributed by atoms with Crippen LogP contribution in [-0.2, 0) is 6.42 Å². The van der Waals surface area contributed by atoms with Crippen LogP contribution in [-0.4, -0.2) is 7.05 Å². The van der Waals surface area contributed by atoms with E-state index in [0.717, 1.165) is 12.0 Å². The molecule has 0 heterocycles. The maximum atomic E-state index is 13.7. The van der Waals surface area contributed by atoms with Crippen LogP contribution in [0.2, 0.25) is 0 Å². The summed E-state index contributed by atoms with van der Waals surface area (Å²) < 4.78 is 14.2. The lowest BCUT2D eigenvalue weighted by Gasteiger charge is -2.19.